The third-order valence-electron chi connectivity index (χ3n) is 1.64. The van der Waals surface area contributed by atoms with Crippen LogP contribution in [-0.4, -0.2) is 50.1 Å². The van der Waals surface area contributed by atoms with Gasteiger partial charge in [-0.2, -0.15) is 0 Å². The van der Waals surface area contributed by atoms with E-state index in [-0.39, 0.29) is 18.2 Å². The average Bonchev–Trinajstić information content (AvgIpc) is 2.33. The summed E-state index contributed by atoms with van der Waals surface area (Å²) in [6.45, 7) is 0. The number of aliphatic carboxylic acids is 3. The first-order valence-electron chi connectivity index (χ1n) is 5.02. The van der Waals surface area contributed by atoms with Crippen molar-refractivity contribution in [3.05, 3.63) is 0 Å². The molecule has 0 saturated carbocycles. The Morgan fingerprint density at radius 2 is 1.16 bits per heavy atom. The first-order valence-corrected chi connectivity index (χ1v) is 6.14. The Bertz CT molecular complexity index is 363. The molecule has 0 unspecified atom stereocenters. The summed E-state index contributed by atoms with van der Waals surface area (Å²) in [5.41, 5.74) is 0. The average molecular weight is 341 g/mol. The monoisotopic (exact) mass is 340 g/mol. The Balaban J connectivity index is 0. The molecule has 0 aliphatic rings. The van der Waals surface area contributed by atoms with Crippen molar-refractivity contribution in [3.63, 3.8) is 0 Å². The smallest absolute Gasteiger partial charge is 0.373 e. The Morgan fingerprint density at radius 3 is 1.42 bits per heavy atom. The van der Waals surface area contributed by atoms with Gasteiger partial charge in [0.15, 0.2) is 0 Å². The van der Waals surface area contributed by atoms with E-state index in [1.54, 1.807) is 0 Å². The van der Waals surface area contributed by atoms with E-state index in [0.717, 1.165) is 0 Å². The molecule has 0 aliphatic heterocycles. The molecular formula is C10H13BrO8. The largest absolute Gasteiger partial charge is 0.481 e. The second kappa shape index (κ2) is 11.3. The van der Waals surface area contributed by atoms with Gasteiger partial charge >= 0.3 is 17.9 Å². The molecule has 0 aromatic rings. The van der Waals surface area contributed by atoms with Crippen LogP contribution in [-0.2, 0) is 24.0 Å². The summed E-state index contributed by atoms with van der Waals surface area (Å²) in [6.07, 6.45) is 0.557. The van der Waals surface area contributed by atoms with Crippen LogP contribution < -0.4 is 0 Å². The summed E-state index contributed by atoms with van der Waals surface area (Å²) in [6, 6.07) is 0. The maximum absolute atomic E-state index is 10.4. The first-order chi connectivity index (χ1) is 8.72. The van der Waals surface area contributed by atoms with Gasteiger partial charge in [-0.25, -0.2) is 9.59 Å². The standard InChI is InChI=1S/C7H10O5.C3H3BrO3/c8-5(7(11)12)3-1-2-4-6(9)10;4-1-2(5)3(6)7/h1-4H2,(H,9,10)(H,11,12);1H2,(H,6,7). The number of Topliss-reactive ketones (excluding diaryl/α,β-unsaturated/α-hetero) is 2. The SMILES string of the molecule is O=C(O)C(=O)CBr.O=C(O)CCCCC(=O)C(=O)O. The van der Waals surface area contributed by atoms with E-state index in [4.69, 9.17) is 15.3 Å². The van der Waals surface area contributed by atoms with Crippen LogP contribution in [0.25, 0.3) is 0 Å². The minimum atomic E-state index is -1.45. The summed E-state index contributed by atoms with van der Waals surface area (Å²) in [4.78, 5) is 49.8. The van der Waals surface area contributed by atoms with Crippen LogP contribution in [0.3, 0.4) is 0 Å². The van der Waals surface area contributed by atoms with Gasteiger partial charge in [-0.1, -0.05) is 15.9 Å². The molecule has 0 aliphatic carbocycles. The number of unbranched alkanes of at least 4 members (excludes halogenated alkanes) is 1. The van der Waals surface area contributed by atoms with Crippen molar-refractivity contribution >= 4 is 45.4 Å². The molecular weight excluding hydrogens is 328 g/mol. The molecule has 0 aromatic carbocycles. The molecule has 19 heavy (non-hydrogen) atoms. The number of rotatable bonds is 8. The molecule has 8 nitrogen and oxygen atoms in total. The van der Waals surface area contributed by atoms with Crippen molar-refractivity contribution in [2.24, 2.45) is 0 Å². The van der Waals surface area contributed by atoms with Crippen LogP contribution >= 0.6 is 15.9 Å². The number of carboxylic acids is 3. The van der Waals surface area contributed by atoms with Gasteiger partial charge in [0.1, 0.15) is 0 Å². The Morgan fingerprint density at radius 1 is 0.737 bits per heavy atom. The van der Waals surface area contributed by atoms with Crippen LogP contribution in [0, 0.1) is 0 Å². The summed E-state index contributed by atoms with van der Waals surface area (Å²) >= 11 is 2.68. The minimum Gasteiger partial charge on any atom is -0.481 e. The zero-order valence-electron chi connectivity index (χ0n) is 9.80. The molecule has 0 amide bonds. The fourth-order valence-electron chi connectivity index (χ4n) is 0.726. The summed E-state index contributed by atoms with van der Waals surface area (Å²) in [5.74, 6) is -5.46. The lowest BCUT2D eigenvalue weighted by Crippen LogP contribution is -2.12. The van der Waals surface area contributed by atoms with Crippen LogP contribution in [0.4, 0.5) is 0 Å². The number of carbonyl (C=O) groups excluding carboxylic acids is 2. The lowest BCUT2D eigenvalue weighted by molar-refractivity contribution is -0.149. The van der Waals surface area contributed by atoms with E-state index in [1.165, 1.54) is 0 Å². The third-order valence-corrected chi connectivity index (χ3v) is 2.15. The van der Waals surface area contributed by atoms with Crippen LogP contribution in [0.1, 0.15) is 25.7 Å². The Labute approximate surface area is 116 Å². The van der Waals surface area contributed by atoms with Gasteiger partial charge in [-0.05, 0) is 12.8 Å². The Kier molecular flexibility index (Phi) is 11.7. The molecule has 0 radical (unpaired) electrons. The van der Waals surface area contributed by atoms with Crippen molar-refractivity contribution in [1.29, 1.82) is 0 Å². The summed E-state index contributed by atoms with van der Waals surface area (Å²) < 4.78 is 0. The molecule has 108 valence electrons. The molecule has 0 spiro atoms. The molecule has 0 fully saturated rings. The van der Waals surface area contributed by atoms with Gasteiger partial charge in [-0.15, -0.1) is 0 Å². The molecule has 0 bridgehead atoms. The van der Waals surface area contributed by atoms with Crippen LogP contribution in [0.15, 0.2) is 0 Å². The summed E-state index contributed by atoms with van der Waals surface area (Å²) in [7, 11) is 0. The first kappa shape index (κ1) is 19.6. The van der Waals surface area contributed by atoms with Crippen molar-refractivity contribution in [2.75, 3.05) is 5.33 Å². The predicted octanol–water partition coefficient (Wildman–Crippen LogP) is 0.320. The molecule has 0 rings (SSSR count). The molecule has 9 heteroatoms. The molecule has 0 saturated heterocycles. The van der Waals surface area contributed by atoms with Gasteiger partial charge in [0.2, 0.25) is 11.6 Å². The number of carbonyl (C=O) groups is 5. The van der Waals surface area contributed by atoms with Gasteiger partial charge in [0.05, 0.1) is 5.33 Å². The van der Waals surface area contributed by atoms with E-state index in [2.05, 4.69) is 15.9 Å². The van der Waals surface area contributed by atoms with E-state index >= 15 is 0 Å². The number of halogens is 1. The topological polar surface area (TPSA) is 146 Å². The van der Waals surface area contributed by atoms with E-state index in [0.29, 0.717) is 12.8 Å². The predicted molar refractivity (Wildman–Crippen MR) is 65.2 cm³/mol. The minimum absolute atomic E-state index is 0.0209. The quantitative estimate of drug-likeness (QED) is 0.325. The molecule has 0 heterocycles. The highest BCUT2D eigenvalue weighted by Gasteiger charge is 2.10. The molecule has 3 N–H and O–H groups in total. The highest BCUT2D eigenvalue weighted by molar-refractivity contribution is 9.09. The normalized spacial score (nSPS) is 8.89. The van der Waals surface area contributed by atoms with Crippen molar-refractivity contribution in [3.8, 4) is 0 Å². The fourth-order valence-corrected chi connectivity index (χ4v) is 0.966. The highest BCUT2D eigenvalue weighted by atomic mass is 79.9. The van der Waals surface area contributed by atoms with Crippen LogP contribution in [0.5, 0.6) is 0 Å². The van der Waals surface area contributed by atoms with E-state index < -0.39 is 29.5 Å². The maximum atomic E-state index is 10.4. The lowest BCUT2D eigenvalue weighted by Gasteiger charge is -1.94. The zero-order chi connectivity index (χ0) is 15.4. The molecule has 0 aromatic heterocycles. The zero-order valence-corrected chi connectivity index (χ0v) is 11.4. The number of alkyl halides is 1. The highest BCUT2D eigenvalue weighted by Crippen LogP contribution is 2.00. The number of hydrogen-bond acceptors (Lipinski definition) is 5. The van der Waals surface area contributed by atoms with Crippen molar-refractivity contribution in [2.45, 2.75) is 25.7 Å². The van der Waals surface area contributed by atoms with Gasteiger partial charge in [0.25, 0.3) is 0 Å². The second-order valence-corrected chi connectivity index (χ2v) is 3.75. The van der Waals surface area contributed by atoms with E-state index in [1.807, 2.05) is 0 Å². The van der Waals surface area contributed by atoms with Gasteiger partial charge in [-0.3, -0.25) is 14.4 Å². The van der Waals surface area contributed by atoms with E-state index in [9.17, 15) is 24.0 Å². The van der Waals surface area contributed by atoms with Crippen molar-refractivity contribution < 1.29 is 39.3 Å². The maximum Gasteiger partial charge on any atom is 0.373 e. The fraction of sp³-hybridized carbons (Fsp3) is 0.500. The van der Waals surface area contributed by atoms with Gasteiger partial charge < -0.3 is 15.3 Å². The number of hydrogen-bond donors (Lipinski definition) is 3. The van der Waals surface area contributed by atoms with Crippen LogP contribution in [0.2, 0.25) is 0 Å². The Hall–Kier alpha value is -1.77. The molecule has 0 atom stereocenters. The number of carboxylic acid groups (broad SMARTS) is 3. The third kappa shape index (κ3) is 14.2. The summed E-state index contributed by atoms with van der Waals surface area (Å²) in [5, 5.41) is 24.0. The van der Waals surface area contributed by atoms with Gasteiger partial charge in [0, 0.05) is 12.8 Å². The second-order valence-electron chi connectivity index (χ2n) is 3.19. The number of ketones is 2. The lowest BCUT2D eigenvalue weighted by atomic mass is 10.1. The van der Waals surface area contributed by atoms with Crippen molar-refractivity contribution in [1.82, 2.24) is 0 Å².